The molecule has 2 atom stereocenters. The molecule has 1 fully saturated rings. The van der Waals surface area contributed by atoms with Gasteiger partial charge in [-0.2, -0.15) is 0 Å². The second-order valence-corrected chi connectivity index (χ2v) is 5.80. The maximum absolute atomic E-state index is 4.60. The third kappa shape index (κ3) is 2.37. The van der Waals surface area contributed by atoms with Gasteiger partial charge < -0.3 is 4.90 Å². The van der Waals surface area contributed by atoms with Crippen LogP contribution in [-0.2, 0) is 0 Å². The number of hydrogen-bond donors (Lipinski definition) is 0. The molecular weight excluding hydrogens is 266 g/mol. The van der Waals surface area contributed by atoms with Gasteiger partial charge in [0.1, 0.15) is 5.82 Å². The predicted octanol–water partition coefficient (Wildman–Crippen LogP) is 2.70. The van der Waals surface area contributed by atoms with E-state index in [4.69, 9.17) is 0 Å². The zero-order valence-corrected chi connectivity index (χ0v) is 11.7. The van der Waals surface area contributed by atoms with Gasteiger partial charge in [-0.1, -0.05) is 22.9 Å². The zero-order valence-electron chi connectivity index (χ0n) is 10.1. The van der Waals surface area contributed by atoms with Crippen LogP contribution < -0.4 is 4.90 Å². The lowest BCUT2D eigenvalue weighted by atomic mass is 10.0. The SMILES string of the molecule is Cc1ncc(N2CCC(Br)C(C)C2)nc1C. The van der Waals surface area contributed by atoms with Crippen molar-refractivity contribution in [1.29, 1.82) is 0 Å². The molecule has 1 aromatic rings. The summed E-state index contributed by atoms with van der Waals surface area (Å²) in [5, 5.41) is 0. The average molecular weight is 284 g/mol. The van der Waals surface area contributed by atoms with Crippen molar-refractivity contribution in [3.05, 3.63) is 17.6 Å². The van der Waals surface area contributed by atoms with E-state index in [1.807, 2.05) is 20.0 Å². The Morgan fingerprint density at radius 2 is 2.12 bits per heavy atom. The number of anilines is 1. The summed E-state index contributed by atoms with van der Waals surface area (Å²) in [5.41, 5.74) is 2.05. The Hall–Kier alpha value is -0.640. The number of halogens is 1. The van der Waals surface area contributed by atoms with Crippen molar-refractivity contribution in [3.8, 4) is 0 Å². The Bertz CT molecular complexity index is 381. The molecule has 0 spiro atoms. The Morgan fingerprint density at radius 1 is 1.38 bits per heavy atom. The van der Waals surface area contributed by atoms with E-state index >= 15 is 0 Å². The lowest BCUT2D eigenvalue weighted by Crippen LogP contribution is -2.40. The molecule has 1 saturated heterocycles. The highest BCUT2D eigenvalue weighted by atomic mass is 79.9. The topological polar surface area (TPSA) is 29.0 Å². The van der Waals surface area contributed by atoms with Gasteiger partial charge in [-0.25, -0.2) is 4.98 Å². The maximum Gasteiger partial charge on any atom is 0.147 e. The van der Waals surface area contributed by atoms with Gasteiger partial charge in [0.2, 0.25) is 0 Å². The highest BCUT2D eigenvalue weighted by Gasteiger charge is 2.24. The quantitative estimate of drug-likeness (QED) is 0.742. The summed E-state index contributed by atoms with van der Waals surface area (Å²) < 4.78 is 0. The summed E-state index contributed by atoms with van der Waals surface area (Å²) in [7, 11) is 0. The third-order valence-corrected chi connectivity index (χ3v) is 4.66. The third-order valence-electron chi connectivity index (χ3n) is 3.30. The maximum atomic E-state index is 4.60. The van der Waals surface area contributed by atoms with Crippen molar-refractivity contribution in [2.24, 2.45) is 5.92 Å². The normalized spacial score (nSPS) is 25.9. The summed E-state index contributed by atoms with van der Waals surface area (Å²) in [5.74, 6) is 1.69. The van der Waals surface area contributed by atoms with Crippen LogP contribution >= 0.6 is 15.9 Å². The Morgan fingerprint density at radius 3 is 2.75 bits per heavy atom. The van der Waals surface area contributed by atoms with Crippen LogP contribution in [0.15, 0.2) is 6.20 Å². The number of alkyl halides is 1. The average Bonchev–Trinajstić information content (AvgIpc) is 2.26. The molecule has 1 aliphatic rings. The van der Waals surface area contributed by atoms with E-state index in [1.54, 1.807) is 0 Å². The first-order chi connectivity index (χ1) is 7.58. The van der Waals surface area contributed by atoms with Gasteiger partial charge in [-0.05, 0) is 26.2 Å². The van der Waals surface area contributed by atoms with E-state index in [0.717, 1.165) is 30.3 Å². The monoisotopic (exact) mass is 283 g/mol. The van der Waals surface area contributed by atoms with Crippen molar-refractivity contribution in [1.82, 2.24) is 9.97 Å². The van der Waals surface area contributed by atoms with E-state index in [-0.39, 0.29) is 0 Å². The second kappa shape index (κ2) is 4.70. The molecule has 0 amide bonds. The molecule has 2 unspecified atom stereocenters. The molecule has 0 N–H and O–H groups in total. The Kier molecular flexibility index (Phi) is 3.47. The van der Waals surface area contributed by atoms with Gasteiger partial charge in [0.25, 0.3) is 0 Å². The van der Waals surface area contributed by atoms with Crippen LogP contribution in [0.2, 0.25) is 0 Å². The fraction of sp³-hybridized carbons (Fsp3) is 0.667. The van der Waals surface area contributed by atoms with Gasteiger partial charge in [0.15, 0.2) is 0 Å². The van der Waals surface area contributed by atoms with Gasteiger partial charge in [0.05, 0.1) is 17.6 Å². The van der Waals surface area contributed by atoms with Crippen LogP contribution in [0.5, 0.6) is 0 Å². The minimum Gasteiger partial charge on any atom is -0.355 e. The van der Waals surface area contributed by atoms with Crippen LogP contribution in [-0.4, -0.2) is 27.9 Å². The van der Waals surface area contributed by atoms with Gasteiger partial charge in [-0.3, -0.25) is 4.98 Å². The standard InChI is InChI=1S/C12H18BrN3/c1-8-7-16(5-4-11(8)13)12-6-14-9(2)10(3)15-12/h6,8,11H,4-5,7H2,1-3H3. The molecule has 0 radical (unpaired) electrons. The molecule has 2 heterocycles. The smallest absolute Gasteiger partial charge is 0.147 e. The van der Waals surface area contributed by atoms with E-state index < -0.39 is 0 Å². The molecule has 0 aliphatic carbocycles. The molecule has 4 heteroatoms. The van der Waals surface area contributed by atoms with Crippen molar-refractivity contribution in [2.45, 2.75) is 32.0 Å². The molecule has 0 aromatic carbocycles. The van der Waals surface area contributed by atoms with E-state index in [1.165, 1.54) is 6.42 Å². The van der Waals surface area contributed by atoms with Crippen molar-refractivity contribution >= 4 is 21.7 Å². The lowest BCUT2D eigenvalue weighted by Gasteiger charge is -2.35. The van der Waals surface area contributed by atoms with E-state index in [9.17, 15) is 0 Å². The molecule has 16 heavy (non-hydrogen) atoms. The van der Waals surface area contributed by atoms with Gasteiger partial charge >= 0.3 is 0 Å². The number of nitrogens with zero attached hydrogens (tertiary/aromatic N) is 3. The highest BCUT2D eigenvalue weighted by Crippen LogP contribution is 2.26. The molecular formula is C12H18BrN3. The Balaban J connectivity index is 2.15. The Labute approximate surface area is 105 Å². The minimum atomic E-state index is 0.642. The first kappa shape index (κ1) is 11.8. The van der Waals surface area contributed by atoms with Crippen LogP contribution in [0, 0.1) is 19.8 Å². The predicted molar refractivity (Wildman–Crippen MR) is 70.2 cm³/mol. The summed E-state index contributed by atoms with van der Waals surface area (Å²) >= 11 is 3.72. The number of aromatic nitrogens is 2. The van der Waals surface area contributed by atoms with Crippen LogP contribution in [0.25, 0.3) is 0 Å². The molecule has 0 saturated carbocycles. The number of rotatable bonds is 1. The first-order valence-electron chi connectivity index (χ1n) is 5.77. The molecule has 2 rings (SSSR count). The lowest BCUT2D eigenvalue weighted by molar-refractivity contribution is 0.463. The summed E-state index contributed by atoms with van der Waals surface area (Å²) in [6, 6.07) is 0. The van der Waals surface area contributed by atoms with Crippen molar-refractivity contribution in [2.75, 3.05) is 18.0 Å². The number of hydrogen-bond acceptors (Lipinski definition) is 3. The number of aryl methyl sites for hydroxylation is 2. The molecule has 88 valence electrons. The summed E-state index contributed by atoms with van der Waals surface area (Å²) in [4.78, 5) is 12.0. The van der Waals surface area contributed by atoms with Crippen molar-refractivity contribution < 1.29 is 0 Å². The van der Waals surface area contributed by atoms with Crippen LogP contribution in [0.1, 0.15) is 24.7 Å². The van der Waals surface area contributed by atoms with E-state index in [2.05, 4.69) is 37.7 Å². The highest BCUT2D eigenvalue weighted by molar-refractivity contribution is 9.09. The van der Waals surface area contributed by atoms with Gasteiger partial charge in [-0.15, -0.1) is 0 Å². The summed E-state index contributed by atoms with van der Waals surface area (Å²) in [6.45, 7) is 8.43. The number of piperidine rings is 1. The largest absolute Gasteiger partial charge is 0.355 e. The molecule has 3 nitrogen and oxygen atoms in total. The van der Waals surface area contributed by atoms with Gasteiger partial charge in [0, 0.05) is 17.9 Å². The second-order valence-electron chi connectivity index (χ2n) is 4.63. The van der Waals surface area contributed by atoms with Crippen molar-refractivity contribution in [3.63, 3.8) is 0 Å². The molecule has 1 aliphatic heterocycles. The van der Waals surface area contributed by atoms with Crippen LogP contribution in [0.4, 0.5) is 5.82 Å². The summed E-state index contributed by atoms with van der Waals surface area (Å²) in [6.07, 6.45) is 3.07. The first-order valence-corrected chi connectivity index (χ1v) is 6.68. The van der Waals surface area contributed by atoms with Crippen LogP contribution in [0.3, 0.4) is 0 Å². The zero-order chi connectivity index (χ0) is 11.7. The minimum absolute atomic E-state index is 0.642. The molecule has 0 bridgehead atoms. The van der Waals surface area contributed by atoms with E-state index in [0.29, 0.717) is 10.7 Å². The fourth-order valence-corrected chi connectivity index (χ4v) is 2.38. The molecule has 1 aromatic heterocycles. The fourth-order valence-electron chi connectivity index (χ4n) is 2.01.